The predicted molar refractivity (Wildman–Crippen MR) is 82.1 cm³/mol. The van der Waals surface area contributed by atoms with E-state index in [0.29, 0.717) is 5.69 Å². The molecule has 0 radical (unpaired) electrons. The molecule has 0 atom stereocenters. The summed E-state index contributed by atoms with van der Waals surface area (Å²) in [5.74, 6) is 0.898. The van der Waals surface area contributed by atoms with Crippen molar-refractivity contribution in [1.82, 2.24) is 9.29 Å². The molecule has 0 saturated heterocycles. The molecule has 3 rings (SSSR count). The zero-order valence-corrected chi connectivity index (χ0v) is 12.3. The fraction of sp³-hybridized carbons (Fsp3) is 0.312. The van der Waals surface area contributed by atoms with Crippen LogP contribution in [0.2, 0.25) is 0 Å². The lowest BCUT2D eigenvalue weighted by Crippen LogP contribution is -2.06. The number of hydrogen-bond acceptors (Lipinski definition) is 3. The second-order valence-electron chi connectivity index (χ2n) is 5.19. The predicted octanol–water partition coefficient (Wildman–Crippen LogP) is 3.57. The van der Waals surface area contributed by atoms with Crippen molar-refractivity contribution in [2.45, 2.75) is 17.7 Å². The summed E-state index contributed by atoms with van der Waals surface area (Å²) < 4.78 is 5.34. The van der Waals surface area contributed by atoms with E-state index in [1.54, 1.807) is 11.9 Å². The van der Waals surface area contributed by atoms with Crippen molar-refractivity contribution in [3.63, 3.8) is 0 Å². The zero-order chi connectivity index (χ0) is 13.9. The van der Waals surface area contributed by atoms with E-state index in [0.717, 1.165) is 23.7 Å². The van der Waals surface area contributed by atoms with Crippen LogP contribution in [0.25, 0.3) is 11.3 Å². The van der Waals surface area contributed by atoms with Crippen molar-refractivity contribution in [3.8, 4) is 17.3 Å². The Labute approximate surface area is 123 Å². The molecule has 1 aliphatic carbocycles. The summed E-state index contributed by atoms with van der Waals surface area (Å²) in [6.45, 7) is 1.11. The third-order valence-corrected chi connectivity index (χ3v) is 4.46. The van der Waals surface area contributed by atoms with Gasteiger partial charge in [0, 0.05) is 24.2 Å². The van der Waals surface area contributed by atoms with E-state index in [9.17, 15) is 0 Å². The topological polar surface area (TPSA) is 40.8 Å². The summed E-state index contributed by atoms with van der Waals surface area (Å²) >= 11 is 1.70. The van der Waals surface area contributed by atoms with Gasteiger partial charge in [-0.15, -0.1) is 0 Å². The Balaban J connectivity index is 1.68. The van der Waals surface area contributed by atoms with Gasteiger partial charge >= 0.3 is 0 Å². The molecule has 0 unspecified atom stereocenters. The molecule has 20 heavy (non-hydrogen) atoms. The van der Waals surface area contributed by atoms with Gasteiger partial charge in [-0.1, -0.05) is 12.1 Å². The monoisotopic (exact) mass is 283 g/mol. The molecule has 1 aromatic carbocycles. The molecule has 1 saturated carbocycles. The van der Waals surface area contributed by atoms with Gasteiger partial charge in [-0.2, -0.15) is 5.26 Å². The zero-order valence-electron chi connectivity index (χ0n) is 11.5. The molecule has 2 aromatic rings. The van der Waals surface area contributed by atoms with Gasteiger partial charge in [0.15, 0.2) is 0 Å². The summed E-state index contributed by atoms with van der Waals surface area (Å²) in [4.78, 5) is 1.23. The number of hydrogen-bond donors (Lipinski definition) is 1. The van der Waals surface area contributed by atoms with Crippen LogP contribution in [0.3, 0.4) is 0 Å². The molecule has 1 fully saturated rings. The van der Waals surface area contributed by atoms with Crippen LogP contribution >= 0.6 is 11.9 Å². The average Bonchev–Trinajstić information content (AvgIpc) is 3.22. The smallest absolute Gasteiger partial charge is 0.120 e. The van der Waals surface area contributed by atoms with Gasteiger partial charge in [-0.25, -0.2) is 0 Å². The van der Waals surface area contributed by atoms with E-state index < -0.39 is 0 Å². The number of rotatable bonds is 5. The van der Waals surface area contributed by atoms with E-state index in [2.05, 4.69) is 35.1 Å². The highest BCUT2D eigenvalue weighted by molar-refractivity contribution is 7.97. The first-order valence-corrected chi connectivity index (χ1v) is 7.65. The molecule has 1 aromatic heterocycles. The second kappa shape index (κ2) is 5.74. The number of nitrogens with zero attached hydrogens (tertiary/aromatic N) is 2. The van der Waals surface area contributed by atoms with Gasteiger partial charge in [-0.05, 0) is 60.5 Å². The van der Waals surface area contributed by atoms with Crippen LogP contribution in [0.1, 0.15) is 18.5 Å². The van der Waals surface area contributed by atoms with E-state index in [-0.39, 0.29) is 0 Å². The van der Waals surface area contributed by atoms with Crippen LogP contribution in [0.15, 0.2) is 41.3 Å². The molecule has 102 valence electrons. The molecule has 1 aliphatic rings. The Morgan fingerprint density at radius 1 is 1.25 bits per heavy atom. The Bertz CT molecular complexity index is 633. The molecule has 4 heteroatoms. The number of nitriles is 1. The SMILES string of the molecule is Cn1c(C#N)ccc1-c1ccc(SNCC2CC2)cc1. The lowest BCUT2D eigenvalue weighted by molar-refractivity contribution is 0.802. The lowest BCUT2D eigenvalue weighted by atomic mass is 10.1. The van der Waals surface area contributed by atoms with Gasteiger partial charge < -0.3 is 4.57 Å². The first-order chi connectivity index (χ1) is 9.78. The molecule has 0 amide bonds. The molecule has 3 nitrogen and oxygen atoms in total. The molecule has 0 spiro atoms. The number of nitrogens with one attached hydrogen (secondary N) is 1. The first kappa shape index (κ1) is 13.3. The number of aromatic nitrogens is 1. The Hall–Kier alpha value is -1.70. The van der Waals surface area contributed by atoms with Gasteiger partial charge in [-0.3, -0.25) is 4.72 Å². The van der Waals surface area contributed by atoms with Gasteiger partial charge in [0.25, 0.3) is 0 Å². The second-order valence-corrected chi connectivity index (χ2v) is 6.16. The van der Waals surface area contributed by atoms with E-state index in [1.165, 1.54) is 17.7 Å². The highest BCUT2D eigenvalue weighted by Gasteiger charge is 2.20. The minimum Gasteiger partial charge on any atom is -0.335 e. The van der Waals surface area contributed by atoms with Crippen LogP contribution in [-0.2, 0) is 7.05 Å². The third-order valence-electron chi connectivity index (χ3n) is 3.65. The molecular weight excluding hydrogens is 266 g/mol. The van der Waals surface area contributed by atoms with E-state index >= 15 is 0 Å². The highest BCUT2D eigenvalue weighted by atomic mass is 32.2. The standard InChI is InChI=1S/C16H17N3S/c1-19-14(10-17)6-9-16(19)13-4-7-15(8-5-13)20-18-11-12-2-3-12/h4-9,12,18H,2-3,11H2,1H3. The summed E-state index contributed by atoms with van der Waals surface area (Å²) in [6, 6.07) is 14.5. The van der Waals surface area contributed by atoms with Crippen molar-refractivity contribution in [2.24, 2.45) is 13.0 Å². The van der Waals surface area contributed by atoms with Gasteiger partial charge in [0.05, 0.1) is 0 Å². The van der Waals surface area contributed by atoms with Crippen LogP contribution in [0.5, 0.6) is 0 Å². The molecule has 1 N–H and O–H groups in total. The van der Waals surface area contributed by atoms with Crippen LogP contribution in [0.4, 0.5) is 0 Å². The third kappa shape index (κ3) is 2.90. The summed E-state index contributed by atoms with van der Waals surface area (Å²) in [7, 11) is 1.92. The van der Waals surface area contributed by atoms with E-state index in [1.807, 2.05) is 23.7 Å². The van der Waals surface area contributed by atoms with Gasteiger partial charge in [0.2, 0.25) is 0 Å². The largest absolute Gasteiger partial charge is 0.335 e. The minimum absolute atomic E-state index is 0.685. The molecular formula is C16H17N3S. The Morgan fingerprint density at radius 2 is 2.00 bits per heavy atom. The van der Waals surface area contributed by atoms with Crippen molar-refractivity contribution in [1.29, 1.82) is 5.26 Å². The molecule has 0 bridgehead atoms. The maximum atomic E-state index is 8.99. The van der Waals surface area contributed by atoms with Crippen molar-refractivity contribution in [3.05, 3.63) is 42.1 Å². The van der Waals surface area contributed by atoms with Crippen LogP contribution in [0, 0.1) is 17.2 Å². The normalized spacial score (nSPS) is 14.2. The van der Waals surface area contributed by atoms with Crippen LogP contribution in [-0.4, -0.2) is 11.1 Å². The fourth-order valence-electron chi connectivity index (χ4n) is 2.17. The summed E-state index contributed by atoms with van der Waals surface area (Å²) in [5.41, 5.74) is 2.90. The minimum atomic E-state index is 0.685. The Morgan fingerprint density at radius 3 is 2.60 bits per heavy atom. The molecule has 1 heterocycles. The van der Waals surface area contributed by atoms with E-state index in [4.69, 9.17) is 5.26 Å². The number of benzene rings is 1. The van der Waals surface area contributed by atoms with Crippen LogP contribution < -0.4 is 4.72 Å². The Kier molecular flexibility index (Phi) is 3.81. The average molecular weight is 283 g/mol. The van der Waals surface area contributed by atoms with Crippen molar-refractivity contribution < 1.29 is 0 Å². The maximum absolute atomic E-state index is 8.99. The summed E-state index contributed by atoms with van der Waals surface area (Å²) in [5, 5.41) is 8.99. The maximum Gasteiger partial charge on any atom is 0.120 e. The quantitative estimate of drug-likeness (QED) is 0.853. The van der Waals surface area contributed by atoms with Crippen molar-refractivity contribution >= 4 is 11.9 Å². The highest BCUT2D eigenvalue weighted by Crippen LogP contribution is 2.29. The molecule has 0 aliphatic heterocycles. The first-order valence-electron chi connectivity index (χ1n) is 6.84. The fourth-order valence-corrected chi connectivity index (χ4v) is 2.93. The lowest BCUT2D eigenvalue weighted by Gasteiger charge is -2.06. The summed E-state index contributed by atoms with van der Waals surface area (Å²) in [6.07, 6.45) is 2.75. The van der Waals surface area contributed by atoms with Crippen molar-refractivity contribution in [2.75, 3.05) is 6.54 Å². The van der Waals surface area contributed by atoms with Gasteiger partial charge in [0.1, 0.15) is 11.8 Å².